The number of amides is 2. The molecule has 2 N–H and O–H groups in total. The smallest absolute Gasteiger partial charge is 0.257 e. The number of hydrogen-bond donors (Lipinski definition) is 2. The molecule has 2 amide bonds. The lowest BCUT2D eigenvalue weighted by Crippen LogP contribution is -2.36. The van der Waals surface area contributed by atoms with Crippen molar-refractivity contribution >= 4 is 34.8 Å². The van der Waals surface area contributed by atoms with E-state index in [4.69, 9.17) is 21.7 Å². The zero-order valence-electron chi connectivity index (χ0n) is 18.3. The molecule has 7 nitrogen and oxygen atoms in total. The highest BCUT2D eigenvalue weighted by Gasteiger charge is 2.18. The summed E-state index contributed by atoms with van der Waals surface area (Å²) in [5.74, 6) is 0.355. The molecule has 0 unspecified atom stereocenters. The normalized spacial score (nSPS) is 13.3. The Morgan fingerprint density at radius 2 is 1.75 bits per heavy atom. The van der Waals surface area contributed by atoms with E-state index in [1.165, 1.54) is 6.42 Å². The van der Waals surface area contributed by atoms with Crippen LogP contribution in [0.1, 0.15) is 46.9 Å². The Morgan fingerprint density at radius 1 is 1.00 bits per heavy atom. The first-order valence-corrected chi connectivity index (χ1v) is 11.3. The van der Waals surface area contributed by atoms with Gasteiger partial charge in [-0.25, -0.2) is 0 Å². The molecular formula is C24H29N3O4S. The van der Waals surface area contributed by atoms with Gasteiger partial charge in [0.15, 0.2) is 5.11 Å². The number of benzene rings is 2. The number of rotatable bonds is 8. The predicted molar refractivity (Wildman–Crippen MR) is 128 cm³/mol. The summed E-state index contributed by atoms with van der Waals surface area (Å²) in [7, 11) is 0. The second-order valence-corrected chi connectivity index (χ2v) is 7.82. The van der Waals surface area contributed by atoms with Gasteiger partial charge in [-0.05, 0) is 80.9 Å². The average molecular weight is 456 g/mol. The molecule has 1 aliphatic heterocycles. The van der Waals surface area contributed by atoms with Gasteiger partial charge in [-0.3, -0.25) is 14.9 Å². The number of thiocarbonyl (C=S) groups is 1. The van der Waals surface area contributed by atoms with E-state index in [-0.39, 0.29) is 16.9 Å². The quantitative estimate of drug-likeness (QED) is 0.465. The molecule has 0 atom stereocenters. The van der Waals surface area contributed by atoms with E-state index in [0.29, 0.717) is 42.4 Å². The highest BCUT2D eigenvalue weighted by atomic mass is 32.1. The molecule has 1 fully saturated rings. The van der Waals surface area contributed by atoms with Gasteiger partial charge in [0, 0.05) is 36.5 Å². The molecule has 2 aromatic rings. The molecule has 3 rings (SSSR count). The van der Waals surface area contributed by atoms with E-state index in [1.54, 1.807) is 48.5 Å². The Balaban J connectivity index is 1.51. The minimum atomic E-state index is -0.330. The van der Waals surface area contributed by atoms with Gasteiger partial charge in [-0.1, -0.05) is 6.07 Å². The second-order valence-electron chi connectivity index (χ2n) is 7.41. The third kappa shape index (κ3) is 7.03. The molecule has 0 aliphatic carbocycles. The van der Waals surface area contributed by atoms with E-state index in [0.717, 1.165) is 25.9 Å². The summed E-state index contributed by atoms with van der Waals surface area (Å²) >= 11 is 5.28. The third-order valence-corrected chi connectivity index (χ3v) is 5.26. The van der Waals surface area contributed by atoms with Crippen molar-refractivity contribution in [3.63, 3.8) is 0 Å². The predicted octanol–water partition coefficient (Wildman–Crippen LogP) is 3.85. The van der Waals surface area contributed by atoms with E-state index >= 15 is 0 Å². The van der Waals surface area contributed by atoms with Gasteiger partial charge < -0.3 is 19.7 Å². The second kappa shape index (κ2) is 12.2. The first-order chi connectivity index (χ1) is 15.6. The van der Waals surface area contributed by atoms with Crippen LogP contribution in [0.2, 0.25) is 0 Å². The first-order valence-electron chi connectivity index (χ1n) is 10.9. The van der Waals surface area contributed by atoms with Gasteiger partial charge in [-0.2, -0.15) is 0 Å². The number of nitrogens with one attached hydrogen (secondary N) is 2. The summed E-state index contributed by atoms with van der Waals surface area (Å²) in [6, 6.07) is 14.0. The molecule has 0 aromatic heterocycles. The molecule has 8 heteroatoms. The maximum atomic E-state index is 12.7. The van der Waals surface area contributed by atoms with E-state index in [2.05, 4.69) is 10.6 Å². The number of piperidine rings is 1. The van der Waals surface area contributed by atoms with Crippen LogP contribution in [0.5, 0.6) is 5.75 Å². The Morgan fingerprint density at radius 3 is 2.47 bits per heavy atom. The van der Waals surface area contributed by atoms with Crippen LogP contribution in [-0.2, 0) is 4.74 Å². The summed E-state index contributed by atoms with van der Waals surface area (Å²) < 4.78 is 10.8. The first kappa shape index (κ1) is 23.7. The molecule has 1 aliphatic rings. The molecular weight excluding hydrogens is 426 g/mol. The van der Waals surface area contributed by atoms with E-state index < -0.39 is 0 Å². The highest BCUT2D eigenvalue weighted by Crippen LogP contribution is 2.17. The van der Waals surface area contributed by atoms with Gasteiger partial charge >= 0.3 is 0 Å². The van der Waals surface area contributed by atoms with Gasteiger partial charge in [-0.15, -0.1) is 0 Å². The average Bonchev–Trinajstić information content (AvgIpc) is 2.82. The van der Waals surface area contributed by atoms with Crippen molar-refractivity contribution in [2.45, 2.75) is 26.2 Å². The SMILES string of the molecule is CCOCCOc1ccc(C(=O)NC(=S)Nc2cccc(C(=O)N3CCCCC3)c2)cc1. The van der Waals surface area contributed by atoms with Crippen molar-refractivity contribution in [3.05, 3.63) is 59.7 Å². The fraction of sp³-hybridized carbons (Fsp3) is 0.375. The summed E-state index contributed by atoms with van der Waals surface area (Å²) in [4.78, 5) is 27.1. The van der Waals surface area contributed by atoms with Gasteiger partial charge in [0.05, 0.1) is 6.61 Å². The fourth-order valence-corrected chi connectivity index (χ4v) is 3.62. The molecule has 1 heterocycles. The van der Waals surface area contributed by atoms with Crippen molar-refractivity contribution in [3.8, 4) is 5.75 Å². The summed E-state index contributed by atoms with van der Waals surface area (Å²) in [5, 5.41) is 5.81. The van der Waals surface area contributed by atoms with Crippen LogP contribution < -0.4 is 15.4 Å². The standard InChI is InChI=1S/C24H29N3O4S/c1-2-30-15-16-31-21-11-9-18(10-12-21)22(28)26-24(32)25-20-8-6-7-19(17-20)23(29)27-13-4-3-5-14-27/h6-12,17H,2-5,13-16H2,1H3,(H2,25,26,28,32). The Hall–Kier alpha value is -2.97. The van der Waals surface area contributed by atoms with Crippen molar-refractivity contribution < 1.29 is 19.1 Å². The summed E-state index contributed by atoms with van der Waals surface area (Å²) in [5.41, 5.74) is 1.71. The molecule has 170 valence electrons. The topological polar surface area (TPSA) is 79.9 Å². The van der Waals surface area contributed by atoms with Crippen LogP contribution in [0, 0.1) is 0 Å². The number of ether oxygens (including phenoxy) is 2. The Labute approximate surface area is 194 Å². The summed E-state index contributed by atoms with van der Waals surface area (Å²) in [6.45, 7) is 5.13. The molecule has 1 saturated heterocycles. The maximum Gasteiger partial charge on any atom is 0.257 e. The van der Waals surface area contributed by atoms with Gasteiger partial charge in [0.2, 0.25) is 0 Å². The zero-order valence-corrected chi connectivity index (χ0v) is 19.1. The lowest BCUT2D eigenvalue weighted by atomic mass is 10.1. The van der Waals surface area contributed by atoms with Crippen molar-refractivity contribution in [1.82, 2.24) is 10.2 Å². The number of nitrogens with zero attached hydrogens (tertiary/aromatic N) is 1. The Bertz CT molecular complexity index is 927. The van der Waals surface area contributed by atoms with Crippen LogP contribution in [0.4, 0.5) is 5.69 Å². The van der Waals surface area contributed by atoms with Crippen molar-refractivity contribution in [2.75, 3.05) is 38.2 Å². The maximum absolute atomic E-state index is 12.7. The summed E-state index contributed by atoms with van der Waals surface area (Å²) in [6.07, 6.45) is 3.25. The number of likely N-dealkylation sites (tertiary alicyclic amines) is 1. The molecule has 32 heavy (non-hydrogen) atoms. The fourth-order valence-electron chi connectivity index (χ4n) is 3.41. The van der Waals surface area contributed by atoms with Crippen LogP contribution >= 0.6 is 12.2 Å². The number of carbonyl (C=O) groups is 2. The molecule has 2 aromatic carbocycles. The molecule has 0 bridgehead atoms. The highest BCUT2D eigenvalue weighted by molar-refractivity contribution is 7.80. The largest absolute Gasteiger partial charge is 0.491 e. The monoisotopic (exact) mass is 455 g/mol. The van der Waals surface area contributed by atoms with Gasteiger partial charge in [0.25, 0.3) is 11.8 Å². The molecule has 0 saturated carbocycles. The van der Waals surface area contributed by atoms with Crippen LogP contribution in [-0.4, -0.2) is 54.7 Å². The van der Waals surface area contributed by atoms with Gasteiger partial charge in [0.1, 0.15) is 12.4 Å². The van der Waals surface area contributed by atoms with Crippen molar-refractivity contribution in [2.24, 2.45) is 0 Å². The number of anilines is 1. The minimum Gasteiger partial charge on any atom is -0.491 e. The van der Waals surface area contributed by atoms with Crippen LogP contribution in [0.15, 0.2) is 48.5 Å². The van der Waals surface area contributed by atoms with Crippen LogP contribution in [0.3, 0.4) is 0 Å². The minimum absolute atomic E-state index is 0.0202. The zero-order chi connectivity index (χ0) is 22.8. The molecule has 0 spiro atoms. The van der Waals surface area contributed by atoms with Crippen LogP contribution in [0.25, 0.3) is 0 Å². The lowest BCUT2D eigenvalue weighted by molar-refractivity contribution is 0.0724. The van der Waals surface area contributed by atoms with Crippen molar-refractivity contribution in [1.29, 1.82) is 0 Å². The lowest BCUT2D eigenvalue weighted by Gasteiger charge is -2.26. The van der Waals surface area contributed by atoms with E-state index in [1.807, 2.05) is 11.8 Å². The third-order valence-electron chi connectivity index (χ3n) is 5.05. The molecule has 0 radical (unpaired) electrons. The number of hydrogen-bond acceptors (Lipinski definition) is 5. The Kier molecular flexibility index (Phi) is 9.01. The van der Waals surface area contributed by atoms with E-state index in [9.17, 15) is 9.59 Å². The number of carbonyl (C=O) groups excluding carboxylic acids is 2.